The lowest BCUT2D eigenvalue weighted by Crippen LogP contribution is -2.32. The van der Waals surface area contributed by atoms with Crippen LogP contribution in [0, 0.1) is 23.2 Å². The number of hydrogen-bond acceptors (Lipinski definition) is 5. The van der Waals surface area contributed by atoms with Crippen molar-refractivity contribution in [2.75, 3.05) is 12.3 Å². The smallest absolute Gasteiger partial charge is 0.408 e. The molecular formula is C12H15N5O2. The minimum atomic E-state index is -0.552. The Hall–Kier alpha value is -2.67. The number of amides is 1. The fourth-order valence-electron chi connectivity index (χ4n) is 1.12. The molecule has 0 saturated heterocycles. The van der Waals surface area contributed by atoms with Gasteiger partial charge in [0, 0.05) is 0 Å². The largest absolute Gasteiger partial charge is 0.444 e. The summed E-state index contributed by atoms with van der Waals surface area (Å²) in [6, 6.07) is 1.89. The van der Waals surface area contributed by atoms with Gasteiger partial charge in [0.05, 0.1) is 6.54 Å². The molecule has 0 atom stereocenters. The molecule has 1 aromatic heterocycles. The lowest BCUT2D eigenvalue weighted by Gasteiger charge is -2.18. The Morgan fingerprint density at radius 2 is 2.26 bits per heavy atom. The Bertz CT molecular complexity index is 566. The molecule has 1 heterocycles. The summed E-state index contributed by atoms with van der Waals surface area (Å²) in [5, 5.41) is 17.5. The van der Waals surface area contributed by atoms with Crippen molar-refractivity contribution in [3.8, 4) is 17.9 Å². The van der Waals surface area contributed by atoms with Crippen molar-refractivity contribution in [2.45, 2.75) is 26.4 Å². The van der Waals surface area contributed by atoms with Crippen molar-refractivity contribution in [2.24, 2.45) is 0 Å². The van der Waals surface area contributed by atoms with E-state index in [-0.39, 0.29) is 17.9 Å². The molecule has 0 aromatic carbocycles. The van der Waals surface area contributed by atoms with Gasteiger partial charge in [-0.25, -0.2) is 4.79 Å². The predicted molar refractivity (Wildman–Crippen MR) is 68.8 cm³/mol. The van der Waals surface area contributed by atoms with Gasteiger partial charge in [0.2, 0.25) is 0 Å². The zero-order valence-corrected chi connectivity index (χ0v) is 11.0. The molecule has 0 saturated carbocycles. The maximum absolute atomic E-state index is 11.3. The van der Waals surface area contributed by atoms with Crippen LogP contribution < -0.4 is 11.1 Å². The molecule has 0 bridgehead atoms. The number of carbonyl (C=O) groups is 1. The molecule has 4 N–H and O–H groups in total. The van der Waals surface area contributed by atoms with Gasteiger partial charge in [-0.1, -0.05) is 5.92 Å². The Kier molecular flexibility index (Phi) is 4.38. The molecule has 1 amide bonds. The van der Waals surface area contributed by atoms with Gasteiger partial charge in [-0.2, -0.15) is 10.4 Å². The summed E-state index contributed by atoms with van der Waals surface area (Å²) in [5.74, 6) is 5.43. The monoisotopic (exact) mass is 261 g/mol. The molecular weight excluding hydrogens is 246 g/mol. The molecule has 0 aliphatic heterocycles. The van der Waals surface area contributed by atoms with Gasteiger partial charge < -0.3 is 15.8 Å². The van der Waals surface area contributed by atoms with Gasteiger partial charge in [-0.3, -0.25) is 5.10 Å². The first-order chi connectivity index (χ1) is 8.83. The number of nitrogens with one attached hydrogen (secondary N) is 2. The highest BCUT2D eigenvalue weighted by Crippen LogP contribution is 2.09. The van der Waals surface area contributed by atoms with Crippen LogP contribution in [-0.2, 0) is 4.74 Å². The summed E-state index contributed by atoms with van der Waals surface area (Å²) in [6.07, 6.45) is -0.550. The number of aromatic amines is 1. The summed E-state index contributed by atoms with van der Waals surface area (Å²) in [5.41, 5.74) is 5.42. The van der Waals surface area contributed by atoms with Gasteiger partial charge in [0.25, 0.3) is 0 Å². The van der Waals surface area contributed by atoms with Crippen LogP contribution in [0.3, 0.4) is 0 Å². The number of nitrogens with two attached hydrogens (primary N) is 1. The number of alkyl carbamates (subject to hydrolysis) is 1. The van der Waals surface area contributed by atoms with Crippen LogP contribution in [0.5, 0.6) is 0 Å². The van der Waals surface area contributed by atoms with E-state index in [1.807, 2.05) is 6.07 Å². The first kappa shape index (κ1) is 14.4. The lowest BCUT2D eigenvalue weighted by molar-refractivity contribution is 0.0535. The van der Waals surface area contributed by atoms with E-state index >= 15 is 0 Å². The molecule has 7 nitrogen and oxygen atoms in total. The molecule has 7 heteroatoms. The number of nitrogens with zero attached hydrogens (tertiary/aromatic N) is 2. The normalized spacial score (nSPS) is 10.0. The molecule has 0 aliphatic carbocycles. The SMILES string of the molecule is CC(C)(C)OC(=O)NCC#Cc1[nH]nc(N)c1C#N. The van der Waals surface area contributed by atoms with Crippen molar-refractivity contribution in [3.05, 3.63) is 11.3 Å². The van der Waals surface area contributed by atoms with E-state index in [1.165, 1.54) is 0 Å². The summed E-state index contributed by atoms with van der Waals surface area (Å²) >= 11 is 0. The highest BCUT2D eigenvalue weighted by Gasteiger charge is 2.15. The molecule has 0 spiro atoms. The second-order valence-corrected chi connectivity index (χ2v) is 4.63. The average molecular weight is 261 g/mol. The average Bonchev–Trinajstić information content (AvgIpc) is 2.63. The van der Waals surface area contributed by atoms with Gasteiger partial charge in [-0.05, 0) is 26.7 Å². The van der Waals surface area contributed by atoms with Gasteiger partial charge >= 0.3 is 6.09 Å². The summed E-state index contributed by atoms with van der Waals surface area (Å²) in [4.78, 5) is 11.3. The third kappa shape index (κ3) is 4.60. The first-order valence-corrected chi connectivity index (χ1v) is 5.53. The minimum Gasteiger partial charge on any atom is -0.444 e. The molecule has 0 unspecified atom stereocenters. The van der Waals surface area contributed by atoms with Crippen LogP contribution in [-0.4, -0.2) is 28.4 Å². The number of nitriles is 1. The number of hydrogen-bond donors (Lipinski definition) is 3. The quantitative estimate of drug-likeness (QED) is 0.644. The van der Waals surface area contributed by atoms with Crippen LogP contribution in [0.1, 0.15) is 32.0 Å². The number of rotatable bonds is 1. The Balaban J connectivity index is 2.53. The van der Waals surface area contributed by atoms with Crippen LogP contribution in [0.15, 0.2) is 0 Å². The zero-order chi connectivity index (χ0) is 14.5. The zero-order valence-electron chi connectivity index (χ0n) is 11.0. The predicted octanol–water partition coefficient (Wildman–Crippen LogP) is 0.740. The summed E-state index contributed by atoms with van der Waals surface area (Å²) < 4.78 is 5.03. The molecule has 1 aromatic rings. The fourth-order valence-corrected chi connectivity index (χ4v) is 1.12. The molecule has 1 rings (SSSR count). The summed E-state index contributed by atoms with van der Waals surface area (Å²) in [6.45, 7) is 5.40. The number of carbonyl (C=O) groups excluding carboxylic acids is 1. The highest BCUT2D eigenvalue weighted by atomic mass is 16.6. The Morgan fingerprint density at radius 3 is 2.84 bits per heavy atom. The van der Waals surface area contributed by atoms with Gasteiger partial charge in [-0.15, -0.1) is 0 Å². The minimum absolute atomic E-state index is 0.0959. The van der Waals surface area contributed by atoms with Gasteiger partial charge in [0.15, 0.2) is 5.82 Å². The van der Waals surface area contributed by atoms with Gasteiger partial charge in [0.1, 0.15) is 22.9 Å². The van der Waals surface area contributed by atoms with Crippen LogP contribution in [0.25, 0.3) is 0 Å². The van der Waals surface area contributed by atoms with Crippen LogP contribution in [0.2, 0.25) is 0 Å². The maximum atomic E-state index is 11.3. The van der Waals surface area contributed by atoms with E-state index in [2.05, 4.69) is 27.4 Å². The van der Waals surface area contributed by atoms with E-state index < -0.39 is 11.7 Å². The number of anilines is 1. The molecule has 0 aliphatic rings. The van der Waals surface area contributed by atoms with E-state index in [9.17, 15) is 4.79 Å². The van der Waals surface area contributed by atoms with E-state index in [0.717, 1.165) is 0 Å². The number of ether oxygens (including phenoxy) is 1. The second-order valence-electron chi connectivity index (χ2n) is 4.63. The van der Waals surface area contributed by atoms with E-state index in [1.54, 1.807) is 20.8 Å². The summed E-state index contributed by atoms with van der Waals surface area (Å²) in [7, 11) is 0. The Labute approximate surface area is 111 Å². The first-order valence-electron chi connectivity index (χ1n) is 5.53. The van der Waals surface area contributed by atoms with E-state index in [4.69, 9.17) is 15.7 Å². The second kappa shape index (κ2) is 5.78. The number of aromatic nitrogens is 2. The number of nitrogen functional groups attached to an aromatic ring is 1. The van der Waals surface area contributed by atoms with Crippen molar-refractivity contribution in [3.63, 3.8) is 0 Å². The fraction of sp³-hybridized carbons (Fsp3) is 0.417. The third-order valence-corrected chi connectivity index (χ3v) is 1.84. The number of H-pyrrole nitrogens is 1. The standard InChI is InChI=1S/C12H15N5O2/c1-12(2,3)19-11(18)15-6-4-5-9-8(7-13)10(14)17-16-9/h6H2,1-3H3,(H,15,18)(H3,14,16,17). The molecule has 0 radical (unpaired) electrons. The Morgan fingerprint density at radius 1 is 1.58 bits per heavy atom. The van der Waals surface area contributed by atoms with E-state index in [0.29, 0.717) is 5.69 Å². The van der Waals surface area contributed by atoms with Crippen molar-refractivity contribution >= 4 is 11.9 Å². The molecule has 0 fully saturated rings. The highest BCUT2D eigenvalue weighted by molar-refractivity contribution is 5.68. The van der Waals surface area contributed by atoms with Crippen molar-refractivity contribution in [1.82, 2.24) is 15.5 Å². The van der Waals surface area contributed by atoms with Crippen molar-refractivity contribution in [1.29, 1.82) is 5.26 Å². The lowest BCUT2D eigenvalue weighted by atomic mass is 10.2. The molecule has 19 heavy (non-hydrogen) atoms. The van der Waals surface area contributed by atoms with Crippen LogP contribution in [0.4, 0.5) is 10.6 Å². The maximum Gasteiger partial charge on any atom is 0.408 e. The third-order valence-electron chi connectivity index (χ3n) is 1.84. The van der Waals surface area contributed by atoms with Crippen molar-refractivity contribution < 1.29 is 9.53 Å². The van der Waals surface area contributed by atoms with Crippen LogP contribution >= 0.6 is 0 Å². The molecule has 100 valence electrons. The topological polar surface area (TPSA) is 117 Å².